The number of hydrogen-bond donors (Lipinski definition) is 1. The largest absolute Gasteiger partial charge is 0.481 e. The van der Waals surface area contributed by atoms with Crippen LogP contribution in [0.5, 0.6) is 0 Å². The fraction of sp³-hybridized carbons (Fsp3) is 0.406. The first-order valence-electron chi connectivity index (χ1n) is 14.9. The molecule has 12 heteroatoms. The number of aromatic nitrogens is 4. The lowest BCUT2D eigenvalue weighted by atomic mass is 10.0. The van der Waals surface area contributed by atoms with Gasteiger partial charge in [0.15, 0.2) is 0 Å². The molecular formula is C32H34F2N6O4. The average Bonchev–Trinajstić information content (AvgIpc) is 3.53. The lowest BCUT2D eigenvalue weighted by molar-refractivity contribution is -0.137. The van der Waals surface area contributed by atoms with Crippen molar-refractivity contribution in [3.05, 3.63) is 66.1 Å². The molecule has 4 aromatic rings. The normalized spacial score (nSPS) is 16.5. The van der Waals surface area contributed by atoms with E-state index in [1.54, 1.807) is 29.4 Å². The van der Waals surface area contributed by atoms with Crippen LogP contribution in [-0.2, 0) is 20.9 Å². The van der Waals surface area contributed by atoms with Gasteiger partial charge in [0.1, 0.15) is 11.6 Å². The van der Waals surface area contributed by atoms with Gasteiger partial charge in [0, 0.05) is 68.5 Å². The molecule has 2 saturated heterocycles. The smallest absolute Gasteiger partial charge is 0.303 e. The second-order valence-corrected chi connectivity index (χ2v) is 11.3. The number of benzene rings is 2. The molecule has 0 bridgehead atoms. The Labute approximate surface area is 253 Å². The van der Waals surface area contributed by atoms with Gasteiger partial charge in [-0.25, -0.2) is 13.8 Å². The van der Waals surface area contributed by atoms with E-state index in [1.807, 2.05) is 21.8 Å². The number of rotatable bonds is 9. The molecule has 0 spiro atoms. The SMILES string of the molecule is O=C(O)CCCC(=O)N1CCC(n2cc(-c3cnc4cccc(-c5cc(F)c(CN6CCOCC6)c(F)c5)c4n3)cn2)CC1. The number of morpholine rings is 1. The predicted molar refractivity (Wildman–Crippen MR) is 159 cm³/mol. The topological polar surface area (TPSA) is 114 Å². The number of aliphatic carboxylic acids is 1. The van der Waals surface area contributed by atoms with Crippen molar-refractivity contribution in [3.63, 3.8) is 0 Å². The number of hydrogen-bond acceptors (Lipinski definition) is 7. The second kappa shape index (κ2) is 13.1. The van der Waals surface area contributed by atoms with Crippen molar-refractivity contribution in [2.45, 2.75) is 44.7 Å². The van der Waals surface area contributed by atoms with Crippen molar-refractivity contribution >= 4 is 22.9 Å². The number of para-hydroxylation sites is 1. The second-order valence-electron chi connectivity index (χ2n) is 11.3. The number of carbonyl (C=O) groups is 2. The lowest BCUT2D eigenvalue weighted by Crippen LogP contribution is -2.39. The number of fused-ring (bicyclic) bond motifs is 1. The Morgan fingerprint density at radius 2 is 1.73 bits per heavy atom. The van der Waals surface area contributed by atoms with E-state index in [-0.39, 0.29) is 36.9 Å². The first-order valence-corrected chi connectivity index (χ1v) is 14.9. The van der Waals surface area contributed by atoms with Crippen LogP contribution in [0.25, 0.3) is 33.4 Å². The molecule has 2 aliphatic rings. The maximum absolute atomic E-state index is 15.2. The van der Waals surface area contributed by atoms with Crippen LogP contribution >= 0.6 is 0 Å². The van der Waals surface area contributed by atoms with Gasteiger partial charge < -0.3 is 14.7 Å². The minimum Gasteiger partial charge on any atom is -0.481 e. The van der Waals surface area contributed by atoms with Crippen molar-refractivity contribution in [2.75, 3.05) is 39.4 Å². The summed E-state index contributed by atoms with van der Waals surface area (Å²) in [5.74, 6) is -2.10. The van der Waals surface area contributed by atoms with E-state index in [9.17, 15) is 9.59 Å². The summed E-state index contributed by atoms with van der Waals surface area (Å²) in [6.07, 6.45) is 7.34. The maximum Gasteiger partial charge on any atom is 0.303 e. The van der Waals surface area contributed by atoms with E-state index >= 15 is 8.78 Å². The zero-order valence-corrected chi connectivity index (χ0v) is 24.3. The van der Waals surface area contributed by atoms with E-state index in [4.69, 9.17) is 14.8 Å². The van der Waals surface area contributed by atoms with Gasteiger partial charge in [-0.05, 0) is 43.0 Å². The molecule has 0 atom stereocenters. The van der Waals surface area contributed by atoms with Crippen LogP contribution in [0.2, 0.25) is 0 Å². The number of halogens is 2. The number of carboxylic acids is 1. The van der Waals surface area contributed by atoms with Gasteiger partial charge >= 0.3 is 5.97 Å². The van der Waals surface area contributed by atoms with E-state index in [1.165, 1.54) is 12.1 Å². The number of carbonyl (C=O) groups excluding carboxylic acids is 1. The van der Waals surface area contributed by atoms with Crippen molar-refractivity contribution in [3.8, 4) is 22.4 Å². The van der Waals surface area contributed by atoms with E-state index < -0.39 is 17.6 Å². The fourth-order valence-corrected chi connectivity index (χ4v) is 5.90. The number of likely N-dealkylation sites (tertiary alicyclic amines) is 1. The Hall–Kier alpha value is -4.29. The third kappa shape index (κ3) is 6.61. The molecule has 2 aromatic heterocycles. The Balaban J connectivity index is 1.18. The monoisotopic (exact) mass is 604 g/mol. The molecule has 0 aliphatic carbocycles. The standard InChI is InChI=1S/C32H34F2N6O4/c33-26-15-21(16-27(34)25(26)20-38-11-13-44-14-12-38)24-3-1-4-28-32(24)37-29(18-35-28)22-17-36-40(19-22)23-7-9-39(10-8-23)30(41)5-2-6-31(42)43/h1,3-4,15-19,23H,2,5-14,20H2,(H,42,43). The van der Waals surface area contributed by atoms with Gasteiger partial charge in [0.2, 0.25) is 5.91 Å². The van der Waals surface area contributed by atoms with Gasteiger partial charge in [0.05, 0.1) is 48.4 Å². The highest BCUT2D eigenvalue weighted by Crippen LogP contribution is 2.32. The highest BCUT2D eigenvalue weighted by molar-refractivity contribution is 5.92. The summed E-state index contributed by atoms with van der Waals surface area (Å²) in [5.41, 5.74) is 3.52. The summed E-state index contributed by atoms with van der Waals surface area (Å²) in [5, 5.41) is 13.4. The Morgan fingerprint density at radius 1 is 0.977 bits per heavy atom. The summed E-state index contributed by atoms with van der Waals surface area (Å²) in [7, 11) is 0. The van der Waals surface area contributed by atoms with Crippen molar-refractivity contribution < 1.29 is 28.2 Å². The molecule has 6 rings (SSSR count). The van der Waals surface area contributed by atoms with Crippen molar-refractivity contribution in [2.24, 2.45) is 0 Å². The number of carboxylic acid groups (broad SMARTS) is 1. The molecule has 230 valence electrons. The fourth-order valence-electron chi connectivity index (χ4n) is 5.90. The number of nitrogens with zero attached hydrogens (tertiary/aromatic N) is 6. The third-order valence-electron chi connectivity index (χ3n) is 8.38. The van der Waals surface area contributed by atoms with E-state index in [0.717, 1.165) is 18.4 Å². The van der Waals surface area contributed by atoms with Gasteiger partial charge in [-0.2, -0.15) is 5.10 Å². The molecule has 0 saturated carbocycles. The molecule has 44 heavy (non-hydrogen) atoms. The van der Waals surface area contributed by atoms with Gasteiger partial charge in [-0.15, -0.1) is 0 Å². The zero-order chi connectivity index (χ0) is 30.6. The Kier molecular flexibility index (Phi) is 8.89. The summed E-state index contributed by atoms with van der Waals surface area (Å²) >= 11 is 0. The molecule has 2 aliphatic heterocycles. The lowest BCUT2D eigenvalue weighted by Gasteiger charge is -2.32. The summed E-state index contributed by atoms with van der Waals surface area (Å²) in [6, 6.07) is 8.24. The first-order chi connectivity index (χ1) is 21.4. The number of ether oxygens (including phenoxy) is 1. The van der Waals surface area contributed by atoms with Crippen LogP contribution in [0.15, 0.2) is 48.9 Å². The molecule has 0 unspecified atom stereocenters. The van der Waals surface area contributed by atoms with Crippen molar-refractivity contribution in [1.29, 1.82) is 0 Å². The van der Waals surface area contributed by atoms with E-state index in [0.29, 0.717) is 73.7 Å². The van der Waals surface area contributed by atoms with Crippen LogP contribution in [0, 0.1) is 11.6 Å². The molecule has 10 nitrogen and oxygen atoms in total. The maximum atomic E-state index is 15.2. The molecular weight excluding hydrogens is 570 g/mol. The van der Waals surface area contributed by atoms with Crippen molar-refractivity contribution in [1.82, 2.24) is 29.5 Å². The quantitative estimate of drug-likeness (QED) is 0.293. The highest BCUT2D eigenvalue weighted by atomic mass is 19.1. The summed E-state index contributed by atoms with van der Waals surface area (Å²) in [4.78, 5) is 36.4. The Morgan fingerprint density at radius 3 is 2.45 bits per heavy atom. The minimum absolute atomic E-state index is 0.00710. The van der Waals surface area contributed by atoms with E-state index in [2.05, 4.69) is 10.1 Å². The van der Waals surface area contributed by atoms with Gasteiger partial charge in [0.25, 0.3) is 0 Å². The Bertz CT molecular complexity index is 1640. The average molecular weight is 605 g/mol. The summed E-state index contributed by atoms with van der Waals surface area (Å²) < 4.78 is 37.7. The predicted octanol–water partition coefficient (Wildman–Crippen LogP) is 4.69. The molecule has 2 aromatic carbocycles. The van der Waals surface area contributed by atoms with Crippen LogP contribution in [0.1, 0.15) is 43.7 Å². The first kappa shape index (κ1) is 29.8. The number of piperidine rings is 1. The van der Waals surface area contributed by atoms with Crippen LogP contribution in [0.4, 0.5) is 8.78 Å². The molecule has 1 amide bonds. The summed E-state index contributed by atoms with van der Waals surface area (Å²) in [6.45, 7) is 3.73. The third-order valence-corrected chi connectivity index (χ3v) is 8.38. The molecule has 1 N–H and O–H groups in total. The zero-order valence-electron chi connectivity index (χ0n) is 24.3. The van der Waals surface area contributed by atoms with Gasteiger partial charge in [-0.3, -0.25) is 24.2 Å². The molecule has 0 radical (unpaired) electrons. The van der Waals surface area contributed by atoms with Crippen LogP contribution in [0.3, 0.4) is 0 Å². The van der Waals surface area contributed by atoms with Crippen LogP contribution in [-0.4, -0.2) is 85.9 Å². The molecule has 2 fully saturated rings. The minimum atomic E-state index is -0.894. The van der Waals surface area contributed by atoms with Gasteiger partial charge in [-0.1, -0.05) is 12.1 Å². The highest BCUT2D eigenvalue weighted by Gasteiger charge is 2.25. The number of amides is 1. The molecule has 4 heterocycles. The van der Waals surface area contributed by atoms with Crippen LogP contribution < -0.4 is 0 Å².